The second-order valence-corrected chi connectivity index (χ2v) is 2.94. The maximum absolute atomic E-state index is 10.8. The Bertz CT molecular complexity index is 408. The zero-order chi connectivity index (χ0) is 11.4. The molecule has 0 spiro atoms. The van der Waals surface area contributed by atoms with Gasteiger partial charge in [0.15, 0.2) is 0 Å². The number of carboxylic acid groups (broad SMARTS) is 1. The number of aromatic carboxylic acids is 1. The number of hydrogen-bond acceptors (Lipinski definition) is 4. The summed E-state index contributed by atoms with van der Waals surface area (Å²) in [5.74, 6) is -1.29. The summed E-state index contributed by atoms with van der Waals surface area (Å²) in [7, 11) is 1.71. The SMILES string of the molecule is CNCc1ccc([N+](=O)[O-])c(C(=O)O)c1.Cl. The number of carboxylic acids is 1. The monoisotopic (exact) mass is 246 g/mol. The van der Waals surface area contributed by atoms with Crippen molar-refractivity contribution in [3.63, 3.8) is 0 Å². The van der Waals surface area contributed by atoms with Gasteiger partial charge in [-0.2, -0.15) is 0 Å². The first-order chi connectivity index (χ1) is 7.06. The zero-order valence-corrected chi connectivity index (χ0v) is 9.28. The minimum Gasteiger partial charge on any atom is -0.477 e. The summed E-state index contributed by atoms with van der Waals surface area (Å²) in [6.45, 7) is 0.471. The third-order valence-electron chi connectivity index (χ3n) is 1.87. The molecule has 2 N–H and O–H groups in total. The van der Waals surface area contributed by atoms with E-state index in [1.165, 1.54) is 18.2 Å². The van der Waals surface area contributed by atoms with Crippen LogP contribution in [0.1, 0.15) is 15.9 Å². The Kier molecular flexibility index (Phi) is 5.41. The highest BCUT2D eigenvalue weighted by atomic mass is 35.5. The molecule has 0 atom stereocenters. The van der Waals surface area contributed by atoms with Crippen molar-refractivity contribution in [2.75, 3.05) is 7.05 Å². The molecule has 16 heavy (non-hydrogen) atoms. The molecule has 0 amide bonds. The van der Waals surface area contributed by atoms with Gasteiger partial charge >= 0.3 is 5.97 Å². The zero-order valence-electron chi connectivity index (χ0n) is 8.47. The van der Waals surface area contributed by atoms with Gasteiger partial charge in [-0.25, -0.2) is 4.79 Å². The van der Waals surface area contributed by atoms with E-state index in [9.17, 15) is 14.9 Å². The fraction of sp³-hybridized carbons (Fsp3) is 0.222. The van der Waals surface area contributed by atoms with Crippen LogP contribution in [0.3, 0.4) is 0 Å². The number of halogens is 1. The molecular weight excluding hydrogens is 236 g/mol. The third-order valence-corrected chi connectivity index (χ3v) is 1.87. The van der Waals surface area contributed by atoms with E-state index in [4.69, 9.17) is 5.11 Å². The van der Waals surface area contributed by atoms with E-state index in [-0.39, 0.29) is 23.7 Å². The molecule has 0 unspecified atom stereocenters. The number of rotatable bonds is 4. The second-order valence-electron chi connectivity index (χ2n) is 2.94. The molecule has 1 rings (SSSR count). The Hall–Kier alpha value is -1.66. The summed E-state index contributed by atoms with van der Waals surface area (Å²) >= 11 is 0. The fourth-order valence-electron chi connectivity index (χ4n) is 1.23. The van der Waals surface area contributed by atoms with E-state index in [0.29, 0.717) is 12.1 Å². The van der Waals surface area contributed by atoms with Crippen LogP contribution in [0.25, 0.3) is 0 Å². The Morgan fingerprint density at radius 2 is 2.19 bits per heavy atom. The number of hydrogen-bond donors (Lipinski definition) is 2. The molecule has 0 saturated heterocycles. The first kappa shape index (κ1) is 14.3. The normalized spacial score (nSPS) is 9.31. The van der Waals surface area contributed by atoms with Crippen LogP contribution in [0.2, 0.25) is 0 Å². The molecule has 0 aliphatic rings. The first-order valence-electron chi connectivity index (χ1n) is 4.21. The van der Waals surface area contributed by atoms with E-state index < -0.39 is 10.9 Å². The van der Waals surface area contributed by atoms with E-state index in [1.807, 2.05) is 0 Å². The molecule has 0 aromatic heterocycles. The quantitative estimate of drug-likeness (QED) is 0.619. The Morgan fingerprint density at radius 1 is 1.56 bits per heavy atom. The maximum Gasteiger partial charge on any atom is 0.342 e. The van der Waals surface area contributed by atoms with E-state index in [0.717, 1.165) is 0 Å². The summed E-state index contributed by atoms with van der Waals surface area (Å²) in [6, 6.07) is 4.04. The Balaban J connectivity index is 0.00000225. The topological polar surface area (TPSA) is 92.5 Å². The average Bonchev–Trinajstić information content (AvgIpc) is 2.17. The third kappa shape index (κ3) is 3.18. The maximum atomic E-state index is 10.8. The number of nitro benzene ring substituents is 1. The predicted octanol–water partition coefficient (Wildman–Crippen LogP) is 1.43. The molecule has 0 aliphatic heterocycles. The lowest BCUT2D eigenvalue weighted by molar-refractivity contribution is -0.385. The second kappa shape index (κ2) is 6.04. The van der Waals surface area contributed by atoms with Gasteiger partial charge in [0.1, 0.15) is 5.56 Å². The lowest BCUT2D eigenvalue weighted by Crippen LogP contribution is -2.08. The van der Waals surface area contributed by atoms with Gasteiger partial charge in [0.25, 0.3) is 5.69 Å². The number of carbonyl (C=O) groups is 1. The highest BCUT2D eigenvalue weighted by molar-refractivity contribution is 5.92. The van der Waals surface area contributed by atoms with Crippen LogP contribution in [0.4, 0.5) is 5.69 Å². The van der Waals surface area contributed by atoms with E-state index in [2.05, 4.69) is 5.32 Å². The molecule has 0 saturated carbocycles. The number of benzene rings is 1. The highest BCUT2D eigenvalue weighted by Gasteiger charge is 2.19. The molecule has 1 aromatic carbocycles. The standard InChI is InChI=1S/C9H10N2O4.ClH/c1-10-5-6-2-3-8(11(14)15)7(4-6)9(12)13;/h2-4,10H,5H2,1H3,(H,12,13);1H. The summed E-state index contributed by atoms with van der Waals surface area (Å²) in [4.78, 5) is 20.6. The van der Waals surface area contributed by atoms with Gasteiger partial charge in [-0.05, 0) is 18.7 Å². The van der Waals surface area contributed by atoms with Gasteiger partial charge in [-0.1, -0.05) is 6.07 Å². The molecule has 0 heterocycles. The smallest absolute Gasteiger partial charge is 0.342 e. The minimum absolute atomic E-state index is 0. The van der Waals surface area contributed by atoms with Gasteiger partial charge in [0.2, 0.25) is 0 Å². The van der Waals surface area contributed by atoms with Crippen molar-refractivity contribution < 1.29 is 14.8 Å². The molecule has 0 radical (unpaired) electrons. The van der Waals surface area contributed by atoms with Crippen LogP contribution in [0.15, 0.2) is 18.2 Å². The van der Waals surface area contributed by atoms with Crippen molar-refractivity contribution in [1.29, 1.82) is 0 Å². The molecule has 0 bridgehead atoms. The van der Waals surface area contributed by atoms with Crippen molar-refractivity contribution in [3.8, 4) is 0 Å². The molecule has 88 valence electrons. The van der Waals surface area contributed by atoms with Crippen LogP contribution in [0, 0.1) is 10.1 Å². The Morgan fingerprint density at radius 3 is 2.62 bits per heavy atom. The molecule has 6 nitrogen and oxygen atoms in total. The van der Waals surface area contributed by atoms with Crippen LogP contribution >= 0.6 is 12.4 Å². The molecule has 7 heteroatoms. The van der Waals surface area contributed by atoms with Crippen molar-refractivity contribution >= 4 is 24.1 Å². The number of nitrogens with zero attached hydrogens (tertiary/aromatic N) is 1. The van der Waals surface area contributed by atoms with Crippen molar-refractivity contribution in [3.05, 3.63) is 39.4 Å². The summed E-state index contributed by atoms with van der Waals surface area (Å²) < 4.78 is 0. The lowest BCUT2D eigenvalue weighted by atomic mass is 10.1. The molecule has 0 aliphatic carbocycles. The van der Waals surface area contributed by atoms with Crippen LogP contribution in [-0.2, 0) is 6.54 Å². The van der Waals surface area contributed by atoms with Gasteiger partial charge in [0.05, 0.1) is 4.92 Å². The number of nitro groups is 1. The van der Waals surface area contributed by atoms with Crippen molar-refractivity contribution in [2.45, 2.75) is 6.54 Å². The number of nitrogens with one attached hydrogen (secondary N) is 1. The predicted molar refractivity (Wildman–Crippen MR) is 60.1 cm³/mol. The van der Waals surface area contributed by atoms with Crippen LogP contribution < -0.4 is 5.32 Å². The fourth-order valence-corrected chi connectivity index (χ4v) is 1.23. The first-order valence-corrected chi connectivity index (χ1v) is 4.21. The molecule has 1 aromatic rings. The van der Waals surface area contributed by atoms with Crippen molar-refractivity contribution in [2.24, 2.45) is 0 Å². The molecule has 0 fully saturated rings. The van der Waals surface area contributed by atoms with Gasteiger partial charge in [0, 0.05) is 12.6 Å². The van der Waals surface area contributed by atoms with Crippen LogP contribution in [-0.4, -0.2) is 23.0 Å². The summed E-state index contributed by atoms with van der Waals surface area (Å²) in [6.07, 6.45) is 0. The van der Waals surface area contributed by atoms with Crippen molar-refractivity contribution in [1.82, 2.24) is 5.32 Å². The summed E-state index contributed by atoms with van der Waals surface area (Å²) in [5, 5.41) is 22.1. The minimum atomic E-state index is -1.29. The summed E-state index contributed by atoms with van der Waals surface area (Å²) in [5.41, 5.74) is 0.0237. The van der Waals surface area contributed by atoms with Gasteiger partial charge < -0.3 is 10.4 Å². The van der Waals surface area contributed by atoms with E-state index >= 15 is 0 Å². The lowest BCUT2D eigenvalue weighted by Gasteiger charge is -2.02. The Labute approximate surface area is 97.8 Å². The van der Waals surface area contributed by atoms with Crippen LogP contribution in [0.5, 0.6) is 0 Å². The largest absolute Gasteiger partial charge is 0.477 e. The average molecular weight is 247 g/mol. The highest BCUT2D eigenvalue weighted by Crippen LogP contribution is 2.19. The van der Waals surface area contributed by atoms with Gasteiger partial charge in [-0.15, -0.1) is 12.4 Å². The van der Waals surface area contributed by atoms with Gasteiger partial charge in [-0.3, -0.25) is 10.1 Å². The molecular formula is C9H11ClN2O4. The van der Waals surface area contributed by atoms with E-state index in [1.54, 1.807) is 7.05 Å².